The van der Waals surface area contributed by atoms with Crippen LogP contribution in [0.2, 0.25) is 0 Å². The second-order valence-electron chi connectivity index (χ2n) is 4.15. The van der Waals surface area contributed by atoms with Gasteiger partial charge in [0.2, 0.25) is 0 Å². The maximum atomic E-state index is 8.95. The van der Waals surface area contributed by atoms with E-state index in [4.69, 9.17) is 5.11 Å². The highest BCUT2D eigenvalue weighted by atomic mass is 32.2. The van der Waals surface area contributed by atoms with Crippen molar-refractivity contribution < 1.29 is 5.11 Å². The van der Waals surface area contributed by atoms with E-state index in [2.05, 4.69) is 18.8 Å². The molecule has 0 saturated carbocycles. The van der Waals surface area contributed by atoms with Crippen molar-refractivity contribution in [2.75, 3.05) is 5.75 Å². The van der Waals surface area contributed by atoms with Gasteiger partial charge in [0, 0.05) is 6.20 Å². The second kappa shape index (κ2) is 6.13. The van der Waals surface area contributed by atoms with Crippen LogP contribution in [0.15, 0.2) is 17.3 Å². The molecule has 0 aliphatic rings. The number of nitrogens with zero attached hydrogens (tertiary/aromatic N) is 1. The number of pyridine rings is 1. The number of aliphatic hydroxyl groups excluding tert-OH is 1. The fourth-order valence-electron chi connectivity index (χ4n) is 1.25. The van der Waals surface area contributed by atoms with Crippen molar-refractivity contribution in [2.45, 2.75) is 38.8 Å². The summed E-state index contributed by atoms with van der Waals surface area (Å²) in [5.74, 6) is 1.86. The molecule has 0 bridgehead atoms. The summed E-state index contributed by atoms with van der Waals surface area (Å²) in [6.45, 7) is 6.58. The highest BCUT2D eigenvalue weighted by Crippen LogP contribution is 2.22. The Labute approximate surface area is 96.1 Å². The molecule has 0 fully saturated rings. The SMILES string of the molecule is Cc1cc(CO)cnc1SCCC(C)C. The largest absolute Gasteiger partial charge is 0.392 e. The van der Waals surface area contributed by atoms with Crippen molar-refractivity contribution in [1.82, 2.24) is 4.98 Å². The Morgan fingerprint density at radius 1 is 1.47 bits per heavy atom. The lowest BCUT2D eigenvalue weighted by molar-refractivity contribution is 0.281. The minimum Gasteiger partial charge on any atom is -0.392 e. The fourth-order valence-corrected chi connectivity index (χ4v) is 2.45. The van der Waals surface area contributed by atoms with Gasteiger partial charge in [0.25, 0.3) is 0 Å². The molecular weight excluding hydrogens is 206 g/mol. The highest BCUT2D eigenvalue weighted by molar-refractivity contribution is 7.99. The van der Waals surface area contributed by atoms with E-state index in [-0.39, 0.29) is 6.61 Å². The van der Waals surface area contributed by atoms with Gasteiger partial charge in [-0.1, -0.05) is 13.8 Å². The van der Waals surface area contributed by atoms with Gasteiger partial charge >= 0.3 is 0 Å². The van der Waals surface area contributed by atoms with Crippen LogP contribution >= 0.6 is 11.8 Å². The molecule has 3 heteroatoms. The van der Waals surface area contributed by atoms with Crippen molar-refractivity contribution in [3.63, 3.8) is 0 Å². The molecule has 0 aliphatic carbocycles. The molecule has 1 aromatic rings. The number of aryl methyl sites for hydroxylation is 1. The van der Waals surface area contributed by atoms with E-state index in [0.717, 1.165) is 27.8 Å². The number of rotatable bonds is 5. The quantitative estimate of drug-likeness (QED) is 0.782. The molecular formula is C12H19NOS. The van der Waals surface area contributed by atoms with Gasteiger partial charge in [0.15, 0.2) is 0 Å². The molecule has 1 rings (SSSR count). The lowest BCUT2D eigenvalue weighted by atomic mass is 10.2. The zero-order valence-electron chi connectivity index (χ0n) is 9.66. The minimum atomic E-state index is 0.0742. The third-order valence-corrected chi connectivity index (χ3v) is 3.34. The van der Waals surface area contributed by atoms with E-state index in [0.29, 0.717) is 0 Å². The zero-order chi connectivity index (χ0) is 11.3. The third kappa shape index (κ3) is 4.22. The van der Waals surface area contributed by atoms with Crippen molar-refractivity contribution in [3.8, 4) is 0 Å². The van der Waals surface area contributed by atoms with E-state index >= 15 is 0 Å². The first kappa shape index (κ1) is 12.5. The number of hydrogen-bond donors (Lipinski definition) is 1. The molecule has 0 aromatic carbocycles. The van der Waals surface area contributed by atoms with Crippen LogP contribution in [-0.2, 0) is 6.61 Å². The molecule has 0 radical (unpaired) electrons. The van der Waals surface area contributed by atoms with E-state index in [1.807, 2.05) is 13.0 Å². The zero-order valence-corrected chi connectivity index (χ0v) is 10.5. The monoisotopic (exact) mass is 225 g/mol. The summed E-state index contributed by atoms with van der Waals surface area (Å²) in [6, 6.07) is 2.00. The molecule has 0 unspecified atom stereocenters. The van der Waals surface area contributed by atoms with Crippen molar-refractivity contribution in [2.24, 2.45) is 5.92 Å². The van der Waals surface area contributed by atoms with Gasteiger partial charge in [-0.25, -0.2) is 4.98 Å². The summed E-state index contributed by atoms with van der Waals surface area (Å²) in [4.78, 5) is 4.35. The molecule has 1 heterocycles. The first-order valence-corrected chi connectivity index (χ1v) is 6.31. The average Bonchev–Trinajstić information content (AvgIpc) is 2.20. The summed E-state index contributed by atoms with van der Waals surface area (Å²) in [7, 11) is 0. The van der Waals surface area contributed by atoms with Crippen LogP contribution < -0.4 is 0 Å². The molecule has 2 nitrogen and oxygen atoms in total. The van der Waals surface area contributed by atoms with Gasteiger partial charge in [0.05, 0.1) is 11.6 Å². The number of hydrogen-bond acceptors (Lipinski definition) is 3. The van der Waals surface area contributed by atoms with Gasteiger partial charge in [-0.3, -0.25) is 0 Å². The van der Waals surface area contributed by atoms with Crippen LogP contribution in [0.25, 0.3) is 0 Å². The van der Waals surface area contributed by atoms with E-state index in [1.165, 1.54) is 6.42 Å². The van der Waals surface area contributed by atoms with Crippen LogP contribution in [0.1, 0.15) is 31.4 Å². The molecule has 84 valence electrons. The van der Waals surface area contributed by atoms with Gasteiger partial charge in [-0.05, 0) is 42.2 Å². The van der Waals surface area contributed by atoms with E-state index < -0.39 is 0 Å². The Balaban J connectivity index is 2.54. The summed E-state index contributed by atoms with van der Waals surface area (Å²) < 4.78 is 0. The molecule has 1 N–H and O–H groups in total. The molecule has 15 heavy (non-hydrogen) atoms. The highest BCUT2D eigenvalue weighted by Gasteiger charge is 2.03. The lowest BCUT2D eigenvalue weighted by Crippen LogP contribution is -1.94. The maximum absolute atomic E-state index is 8.95. The van der Waals surface area contributed by atoms with Gasteiger partial charge in [-0.2, -0.15) is 0 Å². The summed E-state index contributed by atoms with van der Waals surface area (Å²) >= 11 is 1.80. The van der Waals surface area contributed by atoms with Crippen molar-refractivity contribution >= 4 is 11.8 Å². The van der Waals surface area contributed by atoms with Crippen LogP contribution in [0.5, 0.6) is 0 Å². The standard InChI is InChI=1S/C12H19NOS/c1-9(2)4-5-15-12-10(3)6-11(8-14)7-13-12/h6-7,9,14H,4-5,8H2,1-3H3. The number of thioether (sulfide) groups is 1. The van der Waals surface area contributed by atoms with Crippen molar-refractivity contribution in [3.05, 3.63) is 23.4 Å². The maximum Gasteiger partial charge on any atom is 0.0989 e. The Morgan fingerprint density at radius 3 is 2.73 bits per heavy atom. The number of aliphatic hydroxyl groups is 1. The Kier molecular flexibility index (Phi) is 5.12. The molecule has 0 spiro atoms. The Morgan fingerprint density at radius 2 is 2.20 bits per heavy atom. The summed E-state index contributed by atoms with van der Waals surface area (Å²) in [6.07, 6.45) is 2.97. The molecule has 0 amide bonds. The van der Waals surface area contributed by atoms with E-state index in [1.54, 1.807) is 18.0 Å². The van der Waals surface area contributed by atoms with Crippen molar-refractivity contribution in [1.29, 1.82) is 0 Å². The Bertz CT molecular complexity index is 312. The molecule has 0 aliphatic heterocycles. The second-order valence-corrected chi connectivity index (χ2v) is 5.24. The first-order valence-electron chi connectivity index (χ1n) is 5.32. The van der Waals surface area contributed by atoms with Gasteiger partial charge < -0.3 is 5.11 Å². The predicted octanol–water partition coefficient (Wildman–Crippen LogP) is 3.02. The average molecular weight is 225 g/mol. The number of aromatic nitrogens is 1. The first-order chi connectivity index (χ1) is 7.13. The minimum absolute atomic E-state index is 0.0742. The molecule has 0 saturated heterocycles. The third-order valence-electron chi connectivity index (χ3n) is 2.20. The smallest absolute Gasteiger partial charge is 0.0989 e. The molecule has 1 aromatic heterocycles. The normalized spacial score (nSPS) is 11.0. The Hall–Kier alpha value is -0.540. The van der Waals surface area contributed by atoms with Crippen LogP contribution in [0.3, 0.4) is 0 Å². The molecule has 0 atom stereocenters. The summed E-state index contributed by atoms with van der Waals surface area (Å²) in [5.41, 5.74) is 2.05. The van der Waals surface area contributed by atoms with Gasteiger partial charge in [-0.15, -0.1) is 11.8 Å². The van der Waals surface area contributed by atoms with Gasteiger partial charge in [0.1, 0.15) is 0 Å². The van der Waals surface area contributed by atoms with Crippen LogP contribution in [0.4, 0.5) is 0 Å². The lowest BCUT2D eigenvalue weighted by Gasteiger charge is -2.07. The van der Waals surface area contributed by atoms with E-state index in [9.17, 15) is 0 Å². The fraction of sp³-hybridized carbons (Fsp3) is 0.583. The predicted molar refractivity (Wildman–Crippen MR) is 65.1 cm³/mol. The topological polar surface area (TPSA) is 33.1 Å². The van der Waals surface area contributed by atoms with Crippen LogP contribution in [0, 0.1) is 12.8 Å². The summed E-state index contributed by atoms with van der Waals surface area (Å²) in [5, 5.41) is 10.0. The van der Waals surface area contributed by atoms with Crippen LogP contribution in [-0.4, -0.2) is 15.8 Å².